The van der Waals surface area contributed by atoms with Crippen molar-refractivity contribution in [1.29, 1.82) is 0 Å². The molecule has 0 radical (unpaired) electrons. The fourth-order valence-electron chi connectivity index (χ4n) is 10.5. The molecule has 4 aliphatic carbocycles. The summed E-state index contributed by atoms with van der Waals surface area (Å²) in [5, 5.41) is 23.8. The molecule has 4 saturated carbocycles. The number of rotatable bonds is 1. The van der Waals surface area contributed by atoms with Crippen LogP contribution in [0.5, 0.6) is 0 Å². The van der Waals surface area contributed by atoms with Crippen LogP contribution >= 0.6 is 0 Å². The van der Waals surface area contributed by atoms with Crippen LogP contribution < -0.4 is 0 Å². The highest BCUT2D eigenvalue weighted by atomic mass is 16.7. The minimum Gasteiger partial charge on any atom is -0.459 e. The number of esters is 1. The molecule has 9 heteroatoms. The first-order chi connectivity index (χ1) is 16.9. The van der Waals surface area contributed by atoms with E-state index in [-0.39, 0.29) is 71.5 Å². The van der Waals surface area contributed by atoms with Crippen LogP contribution in [0.1, 0.15) is 53.4 Å². The molecule has 0 aromatic heterocycles. The molecule has 4 heterocycles. The van der Waals surface area contributed by atoms with Crippen molar-refractivity contribution in [3.8, 4) is 0 Å². The number of hydrogen-bond acceptors (Lipinski definition) is 9. The molecule has 4 saturated heterocycles. The van der Waals surface area contributed by atoms with Gasteiger partial charge in [0.15, 0.2) is 17.2 Å². The van der Waals surface area contributed by atoms with Gasteiger partial charge >= 0.3 is 5.97 Å². The molecule has 16 atom stereocenters. The summed E-state index contributed by atoms with van der Waals surface area (Å²) in [7, 11) is 0. The maximum atomic E-state index is 13.6. The van der Waals surface area contributed by atoms with Gasteiger partial charge in [-0.1, -0.05) is 13.8 Å². The van der Waals surface area contributed by atoms with E-state index < -0.39 is 46.8 Å². The van der Waals surface area contributed by atoms with E-state index in [1.165, 1.54) is 0 Å². The quantitative estimate of drug-likeness (QED) is 0.500. The van der Waals surface area contributed by atoms with Gasteiger partial charge in [0.25, 0.3) is 0 Å². The maximum Gasteiger partial charge on any atom is 0.309 e. The van der Waals surface area contributed by atoms with E-state index >= 15 is 0 Å². The van der Waals surface area contributed by atoms with Gasteiger partial charge in [0.05, 0.1) is 29.1 Å². The Kier molecular flexibility index (Phi) is 3.92. The van der Waals surface area contributed by atoms with E-state index in [2.05, 4.69) is 0 Å². The lowest BCUT2D eigenvalue weighted by atomic mass is 9.43. The van der Waals surface area contributed by atoms with Crippen LogP contribution in [0.2, 0.25) is 0 Å². The monoisotopic (exact) mass is 502 g/mol. The summed E-state index contributed by atoms with van der Waals surface area (Å²) in [4.78, 5) is 39.2. The Labute approximate surface area is 209 Å². The van der Waals surface area contributed by atoms with Crippen LogP contribution in [0, 0.1) is 46.8 Å². The smallest absolute Gasteiger partial charge is 0.309 e. The van der Waals surface area contributed by atoms with Crippen LogP contribution in [0.25, 0.3) is 0 Å². The number of aliphatic hydroxyl groups is 2. The molecule has 0 amide bonds. The molecular weight excluding hydrogens is 468 g/mol. The normalized spacial score (nSPS) is 66.1. The largest absolute Gasteiger partial charge is 0.459 e. The molecule has 196 valence electrons. The Balaban J connectivity index is 1.23. The molecule has 4 aliphatic heterocycles. The zero-order valence-electron chi connectivity index (χ0n) is 21.0. The fourth-order valence-corrected chi connectivity index (χ4v) is 10.5. The summed E-state index contributed by atoms with van der Waals surface area (Å²) < 4.78 is 25.2. The Morgan fingerprint density at radius 2 is 1.72 bits per heavy atom. The van der Waals surface area contributed by atoms with Gasteiger partial charge in [0.1, 0.15) is 24.1 Å². The highest BCUT2D eigenvalue weighted by Gasteiger charge is 2.83. The lowest BCUT2D eigenvalue weighted by Gasteiger charge is -2.64. The summed E-state index contributed by atoms with van der Waals surface area (Å²) in [5.74, 6) is -2.64. The standard InChI is InChI=1S/C27H34O9/c1-9-10(2)23(30)34-20(9)22-25(4,31)19-14-5-12-11-6-17-27(32)21(29)15(33-17)7-16(28)24(27,3)13(11)8-26(35-14,36-22)18(12)19/h9-15,17-20,22,31-32H,5-8H2,1-4H3. The van der Waals surface area contributed by atoms with E-state index in [4.69, 9.17) is 18.9 Å². The van der Waals surface area contributed by atoms with Crippen molar-refractivity contribution in [2.24, 2.45) is 46.8 Å². The van der Waals surface area contributed by atoms with E-state index in [1.807, 2.05) is 13.8 Å². The first-order valence-corrected chi connectivity index (χ1v) is 13.6. The number of carbonyl (C=O) groups excluding carboxylic acids is 3. The Hall–Kier alpha value is -1.39. The minimum absolute atomic E-state index is 0.00378. The molecule has 8 aliphatic rings. The van der Waals surface area contributed by atoms with Gasteiger partial charge in [0, 0.05) is 30.6 Å². The highest BCUT2D eigenvalue weighted by molar-refractivity contribution is 6.08. The van der Waals surface area contributed by atoms with Gasteiger partial charge in [-0.25, -0.2) is 0 Å². The molecular formula is C27H34O9. The predicted molar refractivity (Wildman–Crippen MR) is 119 cm³/mol. The lowest BCUT2D eigenvalue weighted by molar-refractivity contribution is -0.369. The zero-order chi connectivity index (χ0) is 25.3. The molecule has 6 bridgehead atoms. The summed E-state index contributed by atoms with van der Waals surface area (Å²) in [6.45, 7) is 7.32. The third kappa shape index (κ3) is 2.10. The SMILES string of the molecule is CC1C(=O)OC(C2OC34CC5C(CC6OC7CC(=O)C5(C)C6(O)C7=O)C5CC(O3)C(C54)C2(C)O)C1C. The van der Waals surface area contributed by atoms with E-state index in [0.717, 1.165) is 6.42 Å². The summed E-state index contributed by atoms with van der Waals surface area (Å²) in [5.41, 5.74) is -4.37. The van der Waals surface area contributed by atoms with Crippen LogP contribution in [0.3, 0.4) is 0 Å². The maximum absolute atomic E-state index is 13.6. The summed E-state index contributed by atoms with van der Waals surface area (Å²) in [6.07, 6.45) is -1.50. The second-order valence-electron chi connectivity index (χ2n) is 13.5. The van der Waals surface area contributed by atoms with Gasteiger partial charge in [-0.15, -0.1) is 0 Å². The first-order valence-electron chi connectivity index (χ1n) is 13.6. The van der Waals surface area contributed by atoms with Crippen molar-refractivity contribution in [2.75, 3.05) is 0 Å². The molecule has 8 fully saturated rings. The Morgan fingerprint density at radius 1 is 0.972 bits per heavy atom. The number of hydrogen-bond donors (Lipinski definition) is 2. The molecule has 36 heavy (non-hydrogen) atoms. The Morgan fingerprint density at radius 3 is 2.42 bits per heavy atom. The average Bonchev–Trinajstić information content (AvgIpc) is 3.48. The van der Waals surface area contributed by atoms with Gasteiger partial charge in [-0.2, -0.15) is 0 Å². The van der Waals surface area contributed by atoms with Crippen molar-refractivity contribution in [3.63, 3.8) is 0 Å². The lowest BCUT2D eigenvalue weighted by Crippen LogP contribution is -2.74. The van der Waals surface area contributed by atoms with Crippen LogP contribution in [-0.4, -0.2) is 75.3 Å². The number of ether oxygens (including phenoxy) is 4. The molecule has 9 nitrogen and oxygen atoms in total. The molecule has 0 aromatic rings. The van der Waals surface area contributed by atoms with Crippen molar-refractivity contribution in [1.82, 2.24) is 0 Å². The molecule has 0 spiro atoms. The Bertz CT molecular complexity index is 1120. The fraction of sp³-hybridized carbons (Fsp3) is 0.889. The summed E-state index contributed by atoms with van der Waals surface area (Å²) in [6, 6.07) is 0. The van der Waals surface area contributed by atoms with Gasteiger partial charge in [-0.05, 0) is 44.4 Å². The predicted octanol–water partition coefficient (Wildman–Crippen LogP) is 0.768. The topological polar surface area (TPSA) is 129 Å². The van der Waals surface area contributed by atoms with Crippen LogP contribution in [0.4, 0.5) is 0 Å². The number of fused-ring (bicyclic) bond motifs is 4. The highest BCUT2D eigenvalue weighted by Crippen LogP contribution is 2.74. The van der Waals surface area contributed by atoms with Gasteiger partial charge in [-0.3, -0.25) is 14.4 Å². The van der Waals surface area contributed by atoms with Crippen LogP contribution in [-0.2, 0) is 33.3 Å². The molecule has 2 N–H and O–H groups in total. The van der Waals surface area contributed by atoms with Crippen molar-refractivity contribution in [3.05, 3.63) is 0 Å². The van der Waals surface area contributed by atoms with Crippen LogP contribution in [0.15, 0.2) is 0 Å². The number of ketones is 2. The summed E-state index contributed by atoms with van der Waals surface area (Å²) >= 11 is 0. The van der Waals surface area contributed by atoms with E-state index in [0.29, 0.717) is 12.8 Å². The van der Waals surface area contributed by atoms with Gasteiger partial charge < -0.3 is 29.2 Å². The second-order valence-corrected chi connectivity index (χ2v) is 13.5. The van der Waals surface area contributed by atoms with Crippen molar-refractivity contribution in [2.45, 2.75) is 101 Å². The van der Waals surface area contributed by atoms with Gasteiger partial charge in [0.2, 0.25) is 0 Å². The molecule has 16 unspecified atom stereocenters. The number of carbonyl (C=O) groups is 3. The van der Waals surface area contributed by atoms with E-state index in [9.17, 15) is 24.6 Å². The number of cyclic esters (lactones) is 1. The zero-order valence-corrected chi connectivity index (χ0v) is 21.0. The first kappa shape index (κ1) is 22.6. The van der Waals surface area contributed by atoms with E-state index in [1.54, 1.807) is 13.8 Å². The van der Waals surface area contributed by atoms with Crippen molar-refractivity contribution >= 4 is 17.5 Å². The molecule has 0 aromatic carbocycles. The third-order valence-corrected chi connectivity index (χ3v) is 12.4. The number of Topliss-reactive ketones (excluding diaryl/α,β-unsaturated/α-hetero) is 2. The second kappa shape index (κ2) is 6.25. The average molecular weight is 503 g/mol. The third-order valence-electron chi connectivity index (χ3n) is 12.4. The molecule has 8 rings (SSSR count). The minimum atomic E-state index is -1.83. The van der Waals surface area contributed by atoms with Crippen molar-refractivity contribution < 1.29 is 43.5 Å².